The lowest BCUT2D eigenvalue weighted by molar-refractivity contribution is 0.0160. The first-order valence-electron chi connectivity index (χ1n) is 9.22. The number of rotatable bonds is 10. The zero-order chi connectivity index (χ0) is 16.6. The van der Waals surface area contributed by atoms with Gasteiger partial charge in [0.2, 0.25) is 0 Å². The predicted octanol–water partition coefficient (Wildman–Crippen LogP) is 6.30. The highest BCUT2D eigenvalue weighted by molar-refractivity contribution is 5.34. The molecule has 2 atom stereocenters. The lowest BCUT2D eigenvalue weighted by Crippen LogP contribution is -2.33. The Morgan fingerprint density at radius 3 is 2.27 bits per heavy atom. The van der Waals surface area contributed by atoms with Crippen LogP contribution in [-0.2, 0) is 0 Å². The van der Waals surface area contributed by atoms with Crippen LogP contribution < -0.4 is 0 Å². The van der Waals surface area contributed by atoms with Crippen molar-refractivity contribution in [1.29, 1.82) is 0 Å². The second kappa shape index (κ2) is 9.35. The van der Waals surface area contributed by atoms with Gasteiger partial charge in [0.15, 0.2) is 0 Å². The Bertz CT molecular complexity index is 434. The number of aliphatic hydroxyl groups is 1. The van der Waals surface area contributed by atoms with E-state index in [9.17, 15) is 5.11 Å². The third kappa shape index (κ3) is 5.76. The van der Waals surface area contributed by atoms with Crippen LogP contribution in [0.5, 0.6) is 0 Å². The fraction of sp³-hybridized carbons (Fsp3) is 0.714. The molecule has 0 aromatic heterocycles. The van der Waals surface area contributed by atoms with Crippen LogP contribution in [0.15, 0.2) is 18.2 Å². The molecular formula is C21H36O. The first-order valence-corrected chi connectivity index (χ1v) is 9.22. The lowest BCUT2D eigenvalue weighted by atomic mass is 9.76. The summed E-state index contributed by atoms with van der Waals surface area (Å²) in [5.74, 6) is 0.254. The quantitative estimate of drug-likeness (QED) is 0.503. The van der Waals surface area contributed by atoms with Gasteiger partial charge in [-0.15, -0.1) is 0 Å². The molecule has 0 saturated carbocycles. The van der Waals surface area contributed by atoms with E-state index in [1.54, 1.807) is 0 Å². The average Bonchev–Trinajstić information content (AvgIpc) is 2.45. The molecular weight excluding hydrogens is 268 g/mol. The van der Waals surface area contributed by atoms with E-state index >= 15 is 0 Å². The molecule has 0 bridgehead atoms. The minimum atomic E-state index is -0.595. The van der Waals surface area contributed by atoms with E-state index in [-0.39, 0.29) is 5.92 Å². The van der Waals surface area contributed by atoms with Crippen LogP contribution in [0, 0.1) is 13.8 Å². The van der Waals surface area contributed by atoms with Crippen molar-refractivity contribution in [2.24, 2.45) is 0 Å². The van der Waals surface area contributed by atoms with Crippen LogP contribution in [0.25, 0.3) is 0 Å². The summed E-state index contributed by atoms with van der Waals surface area (Å²) in [7, 11) is 0. The Morgan fingerprint density at radius 1 is 1.00 bits per heavy atom. The Hall–Kier alpha value is -0.820. The van der Waals surface area contributed by atoms with E-state index in [4.69, 9.17) is 0 Å². The zero-order valence-corrected chi connectivity index (χ0v) is 15.4. The summed E-state index contributed by atoms with van der Waals surface area (Å²) < 4.78 is 0. The zero-order valence-electron chi connectivity index (χ0n) is 15.4. The minimum Gasteiger partial charge on any atom is -0.390 e. The standard InChI is InChI=1S/C21H36O/c1-6-8-9-10-11-15-21(5,22)20(12-7-2)19-14-13-17(3)16-18(19)4/h13-14,16,20,22H,6-12,15H2,1-5H3. The third-order valence-electron chi connectivity index (χ3n) is 4.92. The van der Waals surface area contributed by atoms with Crippen LogP contribution in [-0.4, -0.2) is 10.7 Å². The maximum absolute atomic E-state index is 11.1. The number of aryl methyl sites for hydroxylation is 2. The molecule has 0 radical (unpaired) electrons. The highest BCUT2D eigenvalue weighted by Gasteiger charge is 2.32. The van der Waals surface area contributed by atoms with E-state index in [0.717, 1.165) is 25.7 Å². The fourth-order valence-electron chi connectivity index (χ4n) is 3.57. The van der Waals surface area contributed by atoms with Crippen molar-refractivity contribution in [3.8, 4) is 0 Å². The van der Waals surface area contributed by atoms with Crippen LogP contribution in [0.1, 0.15) is 94.7 Å². The molecule has 1 nitrogen and oxygen atoms in total. The predicted molar refractivity (Wildman–Crippen MR) is 97.6 cm³/mol. The molecule has 1 N–H and O–H groups in total. The van der Waals surface area contributed by atoms with E-state index < -0.39 is 5.60 Å². The summed E-state index contributed by atoms with van der Waals surface area (Å²) in [5, 5.41) is 11.1. The van der Waals surface area contributed by atoms with E-state index in [1.807, 2.05) is 6.92 Å². The highest BCUT2D eigenvalue weighted by atomic mass is 16.3. The number of benzene rings is 1. The maximum atomic E-state index is 11.1. The summed E-state index contributed by atoms with van der Waals surface area (Å²) in [4.78, 5) is 0. The summed E-state index contributed by atoms with van der Waals surface area (Å²) in [6.07, 6.45) is 9.36. The van der Waals surface area contributed by atoms with Crippen molar-refractivity contribution in [2.45, 2.75) is 97.5 Å². The molecule has 0 saturated heterocycles. The average molecular weight is 305 g/mol. The van der Waals surface area contributed by atoms with Gasteiger partial charge in [0.05, 0.1) is 5.60 Å². The molecule has 1 aromatic rings. The topological polar surface area (TPSA) is 20.2 Å². The van der Waals surface area contributed by atoms with Crippen LogP contribution in [0.4, 0.5) is 0 Å². The van der Waals surface area contributed by atoms with Crippen molar-refractivity contribution in [2.75, 3.05) is 0 Å². The Labute approximate surface area is 138 Å². The molecule has 1 heteroatoms. The van der Waals surface area contributed by atoms with Gasteiger partial charge in [0.1, 0.15) is 0 Å². The second-order valence-electron chi connectivity index (χ2n) is 7.22. The Kier molecular flexibility index (Phi) is 8.17. The molecule has 1 aromatic carbocycles. The Balaban J connectivity index is 2.79. The fourth-order valence-corrected chi connectivity index (χ4v) is 3.57. The third-order valence-corrected chi connectivity index (χ3v) is 4.92. The SMILES string of the molecule is CCCCCCCC(C)(O)C(CCC)c1ccc(C)cc1C. The first-order chi connectivity index (χ1) is 10.4. The van der Waals surface area contributed by atoms with E-state index in [1.165, 1.54) is 42.4 Å². The summed E-state index contributed by atoms with van der Waals surface area (Å²) >= 11 is 0. The second-order valence-corrected chi connectivity index (χ2v) is 7.22. The molecule has 0 fully saturated rings. The number of hydrogen-bond donors (Lipinski definition) is 1. The molecule has 22 heavy (non-hydrogen) atoms. The molecule has 0 spiro atoms. The minimum absolute atomic E-state index is 0.254. The summed E-state index contributed by atoms with van der Waals surface area (Å²) in [6.45, 7) is 10.8. The monoisotopic (exact) mass is 304 g/mol. The Morgan fingerprint density at radius 2 is 1.68 bits per heavy atom. The molecule has 0 aliphatic carbocycles. The smallest absolute Gasteiger partial charge is 0.0688 e. The van der Waals surface area contributed by atoms with Crippen LogP contribution >= 0.6 is 0 Å². The van der Waals surface area contributed by atoms with Gasteiger partial charge in [-0.3, -0.25) is 0 Å². The van der Waals surface area contributed by atoms with Gasteiger partial charge in [0.25, 0.3) is 0 Å². The van der Waals surface area contributed by atoms with Crippen molar-refractivity contribution in [3.63, 3.8) is 0 Å². The van der Waals surface area contributed by atoms with Gasteiger partial charge in [-0.1, -0.05) is 76.1 Å². The van der Waals surface area contributed by atoms with Crippen molar-refractivity contribution in [3.05, 3.63) is 34.9 Å². The van der Waals surface area contributed by atoms with Gasteiger partial charge < -0.3 is 5.11 Å². The molecule has 0 amide bonds. The summed E-state index contributed by atoms with van der Waals surface area (Å²) in [6, 6.07) is 6.66. The highest BCUT2D eigenvalue weighted by Crippen LogP contribution is 2.37. The largest absolute Gasteiger partial charge is 0.390 e. The summed E-state index contributed by atoms with van der Waals surface area (Å²) in [5.41, 5.74) is 3.37. The molecule has 0 aliphatic rings. The number of hydrogen-bond acceptors (Lipinski definition) is 1. The van der Waals surface area contributed by atoms with Gasteiger partial charge >= 0.3 is 0 Å². The molecule has 0 aliphatic heterocycles. The first kappa shape index (κ1) is 19.2. The van der Waals surface area contributed by atoms with Crippen LogP contribution in [0.2, 0.25) is 0 Å². The normalized spacial score (nSPS) is 15.5. The molecule has 126 valence electrons. The van der Waals surface area contributed by atoms with Crippen molar-refractivity contribution < 1.29 is 5.11 Å². The molecule has 1 rings (SSSR count). The van der Waals surface area contributed by atoms with Crippen LogP contribution in [0.3, 0.4) is 0 Å². The van der Waals surface area contributed by atoms with Gasteiger partial charge in [-0.25, -0.2) is 0 Å². The molecule has 2 unspecified atom stereocenters. The van der Waals surface area contributed by atoms with Gasteiger partial charge in [0, 0.05) is 5.92 Å². The van der Waals surface area contributed by atoms with Gasteiger partial charge in [-0.05, 0) is 44.7 Å². The maximum Gasteiger partial charge on any atom is 0.0688 e. The number of unbranched alkanes of at least 4 members (excludes halogenated alkanes) is 4. The lowest BCUT2D eigenvalue weighted by Gasteiger charge is -2.34. The van der Waals surface area contributed by atoms with E-state index in [2.05, 4.69) is 45.9 Å². The van der Waals surface area contributed by atoms with Gasteiger partial charge in [-0.2, -0.15) is 0 Å². The molecule has 0 heterocycles. The van der Waals surface area contributed by atoms with Crippen molar-refractivity contribution in [1.82, 2.24) is 0 Å². The van der Waals surface area contributed by atoms with Crippen molar-refractivity contribution >= 4 is 0 Å². The van der Waals surface area contributed by atoms with E-state index in [0.29, 0.717) is 0 Å².